The Hall–Kier alpha value is -1.57. The van der Waals surface area contributed by atoms with Crippen molar-refractivity contribution in [3.63, 3.8) is 0 Å². The van der Waals surface area contributed by atoms with Gasteiger partial charge in [0.15, 0.2) is 6.04 Å². The second-order valence-electron chi connectivity index (χ2n) is 5.54. The first-order valence-corrected chi connectivity index (χ1v) is 7.53. The lowest BCUT2D eigenvalue weighted by molar-refractivity contribution is 0.582. The van der Waals surface area contributed by atoms with E-state index in [-0.39, 0.29) is 5.41 Å². The van der Waals surface area contributed by atoms with Gasteiger partial charge in [0.05, 0.1) is 16.8 Å². The van der Waals surface area contributed by atoms with Crippen LogP contribution in [-0.2, 0) is 5.41 Å². The molecular weight excluding hydrogens is 290 g/mol. The van der Waals surface area contributed by atoms with Gasteiger partial charge < -0.3 is 5.32 Å². The van der Waals surface area contributed by atoms with Crippen LogP contribution in [0.2, 0.25) is 5.02 Å². The minimum absolute atomic E-state index is 0.00317. The van der Waals surface area contributed by atoms with Crippen molar-refractivity contribution >= 4 is 28.6 Å². The van der Waals surface area contributed by atoms with Gasteiger partial charge in [-0.25, -0.2) is 4.98 Å². The Morgan fingerprint density at radius 2 is 1.95 bits per heavy atom. The number of hydrogen-bond acceptors (Lipinski definition) is 4. The van der Waals surface area contributed by atoms with E-state index in [1.54, 1.807) is 23.5 Å². The smallest absolute Gasteiger partial charge is 0.158 e. The first-order valence-electron chi connectivity index (χ1n) is 6.28. The molecule has 0 spiro atoms. The predicted octanol–water partition coefficient (Wildman–Crippen LogP) is 4.77. The lowest BCUT2D eigenvalue weighted by Crippen LogP contribution is -2.13. The van der Waals surface area contributed by atoms with Crippen molar-refractivity contribution in [2.24, 2.45) is 0 Å². The van der Waals surface area contributed by atoms with Crippen LogP contribution in [0, 0.1) is 11.3 Å². The fourth-order valence-electron chi connectivity index (χ4n) is 1.65. The normalized spacial score (nSPS) is 12.8. The molecule has 1 aromatic carbocycles. The van der Waals surface area contributed by atoms with Crippen LogP contribution in [0.4, 0.5) is 5.69 Å². The molecule has 20 heavy (non-hydrogen) atoms. The molecule has 0 bridgehead atoms. The van der Waals surface area contributed by atoms with Gasteiger partial charge >= 0.3 is 0 Å². The average Bonchev–Trinajstić information content (AvgIpc) is 2.87. The molecule has 0 fully saturated rings. The Balaban J connectivity index is 2.19. The largest absolute Gasteiger partial charge is 0.365 e. The first kappa shape index (κ1) is 14.8. The van der Waals surface area contributed by atoms with Crippen LogP contribution in [0.3, 0.4) is 0 Å². The number of thiazole rings is 1. The molecule has 5 heteroatoms. The van der Waals surface area contributed by atoms with Crippen LogP contribution in [0.1, 0.15) is 37.5 Å². The van der Waals surface area contributed by atoms with Crippen molar-refractivity contribution in [2.45, 2.75) is 32.2 Å². The zero-order chi connectivity index (χ0) is 14.8. The summed E-state index contributed by atoms with van der Waals surface area (Å²) in [6, 6.07) is 9.08. The van der Waals surface area contributed by atoms with Crippen molar-refractivity contribution < 1.29 is 0 Å². The maximum absolute atomic E-state index is 9.33. The van der Waals surface area contributed by atoms with E-state index in [0.29, 0.717) is 5.02 Å². The molecule has 0 saturated heterocycles. The van der Waals surface area contributed by atoms with Crippen molar-refractivity contribution in [1.82, 2.24) is 4.98 Å². The van der Waals surface area contributed by atoms with E-state index in [1.807, 2.05) is 17.5 Å². The summed E-state index contributed by atoms with van der Waals surface area (Å²) >= 11 is 7.44. The Labute approximate surface area is 128 Å². The van der Waals surface area contributed by atoms with Crippen LogP contribution in [0.15, 0.2) is 29.6 Å². The Kier molecular flexibility index (Phi) is 4.32. The summed E-state index contributed by atoms with van der Waals surface area (Å²) in [7, 11) is 0. The van der Waals surface area contributed by atoms with Crippen LogP contribution >= 0.6 is 22.9 Å². The highest BCUT2D eigenvalue weighted by Crippen LogP contribution is 2.29. The topological polar surface area (TPSA) is 48.7 Å². The number of nitrogens with one attached hydrogen (secondary N) is 1. The molecule has 2 aromatic rings. The van der Waals surface area contributed by atoms with Crippen molar-refractivity contribution in [1.29, 1.82) is 5.26 Å². The quantitative estimate of drug-likeness (QED) is 0.888. The number of hydrogen-bond donors (Lipinski definition) is 1. The minimum Gasteiger partial charge on any atom is -0.365 e. The molecule has 1 unspecified atom stereocenters. The number of rotatable bonds is 3. The summed E-state index contributed by atoms with van der Waals surface area (Å²) in [6.45, 7) is 6.34. The summed E-state index contributed by atoms with van der Waals surface area (Å²) in [5, 5.41) is 16.1. The third-order valence-electron chi connectivity index (χ3n) is 2.74. The van der Waals surface area contributed by atoms with Crippen LogP contribution in [-0.4, -0.2) is 4.98 Å². The van der Waals surface area contributed by atoms with Gasteiger partial charge in [-0.3, -0.25) is 0 Å². The van der Waals surface area contributed by atoms with E-state index in [1.165, 1.54) is 0 Å². The van der Waals surface area contributed by atoms with Crippen LogP contribution in [0.25, 0.3) is 0 Å². The molecule has 1 N–H and O–H groups in total. The zero-order valence-corrected chi connectivity index (χ0v) is 13.2. The molecule has 104 valence electrons. The summed E-state index contributed by atoms with van der Waals surface area (Å²) < 4.78 is 0. The number of benzene rings is 1. The molecule has 0 amide bonds. The second kappa shape index (κ2) is 5.82. The molecule has 0 aliphatic rings. The summed E-state index contributed by atoms with van der Waals surface area (Å²) in [6.07, 6.45) is 0. The zero-order valence-electron chi connectivity index (χ0n) is 11.6. The highest BCUT2D eigenvalue weighted by atomic mass is 35.5. The maximum Gasteiger partial charge on any atom is 0.158 e. The van der Waals surface area contributed by atoms with E-state index in [4.69, 9.17) is 11.6 Å². The van der Waals surface area contributed by atoms with Crippen molar-refractivity contribution in [3.05, 3.63) is 45.4 Å². The van der Waals surface area contributed by atoms with Gasteiger partial charge in [0.1, 0.15) is 0 Å². The number of nitrogens with zero attached hydrogens (tertiary/aromatic N) is 2. The maximum atomic E-state index is 9.33. The molecule has 1 heterocycles. The fourth-order valence-corrected chi connectivity index (χ4v) is 2.71. The standard InChI is InChI=1S/C15H16ClN3S/c1-15(2,3)14-19-13(9-20-14)12(8-17)18-11-6-4-10(16)5-7-11/h4-7,9,12,18H,1-3H3. The van der Waals surface area contributed by atoms with E-state index < -0.39 is 6.04 Å². The van der Waals surface area contributed by atoms with E-state index in [2.05, 4.69) is 37.1 Å². The molecule has 0 aliphatic carbocycles. The molecule has 0 radical (unpaired) electrons. The van der Waals surface area contributed by atoms with Gasteiger partial charge in [-0.2, -0.15) is 5.26 Å². The summed E-state index contributed by atoms with van der Waals surface area (Å²) in [5.74, 6) is 0. The molecule has 2 rings (SSSR count). The number of anilines is 1. The monoisotopic (exact) mass is 305 g/mol. The van der Waals surface area contributed by atoms with Gasteiger partial charge in [0, 0.05) is 21.5 Å². The number of nitriles is 1. The predicted molar refractivity (Wildman–Crippen MR) is 84.2 cm³/mol. The third-order valence-corrected chi connectivity index (χ3v) is 4.28. The molecule has 1 aromatic heterocycles. The van der Waals surface area contributed by atoms with E-state index in [0.717, 1.165) is 16.4 Å². The Morgan fingerprint density at radius 3 is 2.45 bits per heavy atom. The minimum atomic E-state index is -0.455. The summed E-state index contributed by atoms with van der Waals surface area (Å²) in [5.41, 5.74) is 1.62. The first-order chi connectivity index (χ1) is 9.40. The highest BCUT2D eigenvalue weighted by Gasteiger charge is 2.21. The van der Waals surface area contributed by atoms with Gasteiger partial charge in [-0.15, -0.1) is 11.3 Å². The van der Waals surface area contributed by atoms with Crippen molar-refractivity contribution in [3.8, 4) is 6.07 Å². The Bertz CT molecular complexity index is 620. The lowest BCUT2D eigenvalue weighted by atomic mass is 9.98. The van der Waals surface area contributed by atoms with Crippen LogP contribution in [0.5, 0.6) is 0 Å². The molecule has 0 aliphatic heterocycles. The van der Waals surface area contributed by atoms with Gasteiger partial charge in [0.25, 0.3) is 0 Å². The molecule has 1 atom stereocenters. The van der Waals surface area contributed by atoms with Crippen LogP contribution < -0.4 is 5.32 Å². The lowest BCUT2D eigenvalue weighted by Gasteiger charge is -2.14. The number of aromatic nitrogens is 1. The van der Waals surface area contributed by atoms with E-state index >= 15 is 0 Å². The highest BCUT2D eigenvalue weighted by molar-refractivity contribution is 7.09. The number of halogens is 1. The fraction of sp³-hybridized carbons (Fsp3) is 0.333. The van der Waals surface area contributed by atoms with Gasteiger partial charge in [-0.1, -0.05) is 32.4 Å². The second-order valence-corrected chi connectivity index (χ2v) is 6.84. The van der Waals surface area contributed by atoms with Gasteiger partial charge in [-0.05, 0) is 24.3 Å². The van der Waals surface area contributed by atoms with E-state index in [9.17, 15) is 5.26 Å². The summed E-state index contributed by atoms with van der Waals surface area (Å²) in [4.78, 5) is 4.57. The van der Waals surface area contributed by atoms with Gasteiger partial charge in [0.2, 0.25) is 0 Å². The SMILES string of the molecule is CC(C)(C)c1nc(C(C#N)Nc2ccc(Cl)cc2)cs1. The third kappa shape index (κ3) is 3.50. The average molecular weight is 306 g/mol. The molecule has 3 nitrogen and oxygen atoms in total. The molecule has 0 saturated carbocycles. The van der Waals surface area contributed by atoms with Crippen molar-refractivity contribution in [2.75, 3.05) is 5.32 Å². The Morgan fingerprint density at radius 1 is 1.30 bits per heavy atom. The molecular formula is C15H16ClN3S.